The number of thiophene rings is 1. The fraction of sp³-hybridized carbons (Fsp3) is 0.520. The number of nitrogens with zero attached hydrogens (tertiary/aromatic N) is 2. The van der Waals surface area contributed by atoms with Crippen LogP contribution < -0.4 is 5.56 Å². The second-order valence-electron chi connectivity index (χ2n) is 8.93. The highest BCUT2D eigenvalue weighted by Crippen LogP contribution is 2.35. The molecular formula is C25H33N3O4S. The second-order valence-corrected chi connectivity index (χ2v) is 10.0. The van der Waals surface area contributed by atoms with E-state index in [9.17, 15) is 9.90 Å². The molecule has 0 bridgehead atoms. The van der Waals surface area contributed by atoms with Crippen molar-refractivity contribution in [3.63, 3.8) is 0 Å². The summed E-state index contributed by atoms with van der Waals surface area (Å²) in [5.74, 6) is 1.27. The molecule has 1 aliphatic rings. The van der Waals surface area contributed by atoms with Crippen LogP contribution in [0.1, 0.15) is 35.2 Å². The van der Waals surface area contributed by atoms with E-state index in [1.165, 1.54) is 10.4 Å². The standard InChI is InChI=1S/C25H33N3O4S/c1-17-8-9-20-21(12-17)33-25-23(20)24(30)26-22(27-25)14-28(10-11-31-2)13-19(29)16-32-15-18-6-4-3-5-7-18/h3-7,17,19,29H,8-16H2,1-2H3,(H,26,27,30). The summed E-state index contributed by atoms with van der Waals surface area (Å²) in [5.41, 5.74) is 2.21. The third-order valence-electron chi connectivity index (χ3n) is 6.09. The number of ether oxygens (including phenoxy) is 2. The van der Waals surface area contributed by atoms with Gasteiger partial charge in [0.25, 0.3) is 5.56 Å². The van der Waals surface area contributed by atoms with E-state index in [0.717, 1.165) is 35.0 Å². The van der Waals surface area contributed by atoms with Crippen molar-refractivity contribution < 1.29 is 14.6 Å². The van der Waals surface area contributed by atoms with Gasteiger partial charge in [0.1, 0.15) is 10.7 Å². The van der Waals surface area contributed by atoms with Crippen molar-refractivity contribution in [2.24, 2.45) is 5.92 Å². The summed E-state index contributed by atoms with van der Waals surface area (Å²) in [7, 11) is 1.65. The minimum absolute atomic E-state index is 0.0551. The normalized spacial score (nSPS) is 16.9. The average molecular weight is 472 g/mol. The van der Waals surface area contributed by atoms with Crippen LogP contribution in [0.15, 0.2) is 35.1 Å². The molecule has 0 saturated carbocycles. The van der Waals surface area contributed by atoms with Crippen molar-refractivity contribution in [1.29, 1.82) is 0 Å². The molecule has 33 heavy (non-hydrogen) atoms. The van der Waals surface area contributed by atoms with Gasteiger partial charge in [0.2, 0.25) is 0 Å². The number of methoxy groups -OCH3 is 1. The van der Waals surface area contributed by atoms with Crippen molar-refractivity contribution in [2.45, 2.75) is 45.4 Å². The highest BCUT2D eigenvalue weighted by molar-refractivity contribution is 7.18. The number of rotatable bonds is 11. The highest BCUT2D eigenvalue weighted by Gasteiger charge is 2.23. The molecule has 2 heterocycles. The van der Waals surface area contributed by atoms with Gasteiger partial charge in [-0.1, -0.05) is 37.3 Å². The van der Waals surface area contributed by atoms with Crippen LogP contribution in [-0.4, -0.2) is 59.5 Å². The number of H-pyrrole nitrogens is 1. The SMILES string of the molecule is COCCN(Cc1nc2sc3c(c2c(=O)[nH]1)CCC(C)C3)CC(O)COCc1ccccc1. The first-order valence-electron chi connectivity index (χ1n) is 11.6. The van der Waals surface area contributed by atoms with E-state index < -0.39 is 6.10 Å². The van der Waals surface area contributed by atoms with Gasteiger partial charge >= 0.3 is 0 Å². The maximum atomic E-state index is 12.9. The quantitative estimate of drug-likeness (QED) is 0.447. The Balaban J connectivity index is 1.41. The number of aliphatic hydroxyl groups excluding tert-OH is 1. The number of aromatic nitrogens is 2. The lowest BCUT2D eigenvalue weighted by molar-refractivity contribution is 0.00437. The molecule has 8 heteroatoms. The molecule has 2 N–H and O–H groups in total. The smallest absolute Gasteiger partial charge is 0.259 e. The molecule has 0 amide bonds. The minimum Gasteiger partial charge on any atom is -0.389 e. The first-order chi connectivity index (χ1) is 16.0. The Morgan fingerprint density at radius 3 is 2.94 bits per heavy atom. The lowest BCUT2D eigenvalue weighted by Gasteiger charge is -2.24. The monoisotopic (exact) mass is 471 g/mol. The molecule has 0 fully saturated rings. The van der Waals surface area contributed by atoms with Crippen molar-refractivity contribution in [3.8, 4) is 0 Å². The van der Waals surface area contributed by atoms with Crippen molar-refractivity contribution in [2.75, 3.05) is 33.4 Å². The predicted octanol–water partition coefficient (Wildman–Crippen LogP) is 3.14. The molecule has 0 spiro atoms. The maximum Gasteiger partial charge on any atom is 0.259 e. The van der Waals surface area contributed by atoms with Crippen molar-refractivity contribution >= 4 is 21.6 Å². The molecule has 2 atom stereocenters. The first-order valence-corrected chi connectivity index (χ1v) is 12.4. The van der Waals surface area contributed by atoms with E-state index >= 15 is 0 Å². The molecule has 2 aromatic heterocycles. The number of fused-ring (bicyclic) bond motifs is 3. The Morgan fingerprint density at radius 2 is 2.15 bits per heavy atom. The van der Waals surface area contributed by atoms with Crippen LogP contribution in [0.25, 0.3) is 10.2 Å². The number of aryl methyl sites for hydroxylation is 1. The largest absolute Gasteiger partial charge is 0.389 e. The molecule has 2 unspecified atom stereocenters. The van der Waals surface area contributed by atoms with E-state index in [0.29, 0.717) is 44.6 Å². The van der Waals surface area contributed by atoms with E-state index in [-0.39, 0.29) is 12.2 Å². The molecule has 1 aromatic carbocycles. The van der Waals surface area contributed by atoms with Crippen LogP contribution in [0.4, 0.5) is 0 Å². The molecule has 0 saturated heterocycles. The summed E-state index contributed by atoms with van der Waals surface area (Å²) in [6.07, 6.45) is 2.45. The number of hydrogen-bond acceptors (Lipinski definition) is 7. The van der Waals surface area contributed by atoms with Gasteiger partial charge in [-0.3, -0.25) is 9.69 Å². The number of aliphatic hydroxyl groups is 1. The Kier molecular flexibility index (Phi) is 8.27. The molecule has 0 aliphatic heterocycles. The Morgan fingerprint density at radius 1 is 1.33 bits per heavy atom. The summed E-state index contributed by atoms with van der Waals surface area (Å²) in [4.78, 5) is 24.9. The lowest BCUT2D eigenvalue weighted by atomic mass is 9.89. The van der Waals surface area contributed by atoms with Gasteiger partial charge in [0, 0.05) is 25.1 Å². The zero-order valence-corrected chi connectivity index (χ0v) is 20.2. The molecule has 7 nitrogen and oxygen atoms in total. The molecule has 4 rings (SSSR count). The summed E-state index contributed by atoms with van der Waals surface area (Å²) < 4.78 is 10.9. The van der Waals surface area contributed by atoms with Gasteiger partial charge in [-0.25, -0.2) is 4.98 Å². The zero-order chi connectivity index (χ0) is 23.2. The second kappa shape index (κ2) is 11.4. The zero-order valence-electron chi connectivity index (χ0n) is 19.4. The highest BCUT2D eigenvalue weighted by atomic mass is 32.1. The summed E-state index contributed by atoms with van der Waals surface area (Å²) in [6, 6.07) is 9.90. The Labute approximate surface area is 198 Å². The average Bonchev–Trinajstić information content (AvgIpc) is 3.16. The van der Waals surface area contributed by atoms with Gasteiger partial charge < -0.3 is 19.6 Å². The van der Waals surface area contributed by atoms with Crippen LogP contribution in [-0.2, 0) is 35.5 Å². The topological polar surface area (TPSA) is 87.7 Å². The van der Waals surface area contributed by atoms with Crippen molar-refractivity contribution in [3.05, 3.63) is 62.5 Å². The molecule has 3 aromatic rings. The van der Waals surface area contributed by atoms with E-state index in [1.807, 2.05) is 35.2 Å². The summed E-state index contributed by atoms with van der Waals surface area (Å²) in [6.45, 7) is 4.93. The van der Waals surface area contributed by atoms with Crippen LogP contribution in [0.5, 0.6) is 0 Å². The number of aromatic amines is 1. The predicted molar refractivity (Wildman–Crippen MR) is 131 cm³/mol. The fourth-order valence-electron chi connectivity index (χ4n) is 4.37. The summed E-state index contributed by atoms with van der Waals surface area (Å²) in [5, 5.41) is 11.3. The Hall–Kier alpha value is -2.10. The molecule has 0 radical (unpaired) electrons. The van der Waals surface area contributed by atoms with Gasteiger partial charge in [0.15, 0.2) is 0 Å². The third kappa shape index (κ3) is 6.28. The fourth-order valence-corrected chi connectivity index (χ4v) is 5.78. The number of hydrogen-bond donors (Lipinski definition) is 2. The van der Waals surface area contributed by atoms with Gasteiger partial charge in [0.05, 0.1) is 37.9 Å². The van der Waals surface area contributed by atoms with Crippen molar-refractivity contribution in [1.82, 2.24) is 14.9 Å². The maximum absolute atomic E-state index is 12.9. The van der Waals surface area contributed by atoms with E-state index in [2.05, 4.69) is 11.9 Å². The first kappa shape index (κ1) is 24.0. The van der Waals surface area contributed by atoms with Crippen LogP contribution in [0.2, 0.25) is 0 Å². The van der Waals surface area contributed by atoms with Gasteiger partial charge in [-0.05, 0) is 36.3 Å². The Bertz CT molecular complexity index is 1100. The number of nitrogens with one attached hydrogen (secondary N) is 1. The van der Waals surface area contributed by atoms with Crippen LogP contribution in [0, 0.1) is 5.92 Å². The third-order valence-corrected chi connectivity index (χ3v) is 7.24. The van der Waals surface area contributed by atoms with E-state index in [4.69, 9.17) is 14.5 Å². The van der Waals surface area contributed by atoms with Gasteiger partial charge in [-0.2, -0.15) is 0 Å². The van der Waals surface area contributed by atoms with Crippen LogP contribution in [0.3, 0.4) is 0 Å². The number of benzene rings is 1. The molecule has 1 aliphatic carbocycles. The minimum atomic E-state index is -0.656. The lowest BCUT2D eigenvalue weighted by Crippen LogP contribution is -2.37. The van der Waals surface area contributed by atoms with E-state index in [1.54, 1.807) is 18.4 Å². The summed E-state index contributed by atoms with van der Waals surface area (Å²) >= 11 is 1.66. The van der Waals surface area contributed by atoms with Crippen LogP contribution >= 0.6 is 11.3 Å². The molecular weight excluding hydrogens is 438 g/mol. The molecule has 178 valence electrons. The van der Waals surface area contributed by atoms with Gasteiger partial charge in [-0.15, -0.1) is 11.3 Å².